The first-order valence-electron chi connectivity index (χ1n) is 5.83. The number of carbonyl (C=O) groups is 1. The van der Waals surface area contributed by atoms with Crippen LogP contribution in [0.25, 0.3) is 0 Å². The Morgan fingerprint density at radius 2 is 2.44 bits per heavy atom. The lowest BCUT2D eigenvalue weighted by atomic mass is 10.1. The highest BCUT2D eigenvalue weighted by Gasteiger charge is 2.32. The maximum atomic E-state index is 11.7. The summed E-state index contributed by atoms with van der Waals surface area (Å²) < 4.78 is 4.82. The molecular weight excluding hydrogens is 250 g/mol. The second-order valence-corrected chi connectivity index (χ2v) is 5.04. The predicted molar refractivity (Wildman–Crippen MR) is 68.5 cm³/mol. The zero-order chi connectivity index (χ0) is 12.5. The predicted octanol–water partition coefficient (Wildman–Crippen LogP) is 1.43. The molecule has 18 heavy (non-hydrogen) atoms. The van der Waals surface area contributed by atoms with Gasteiger partial charge in [-0.3, -0.25) is 4.99 Å². The SMILES string of the molecule is COC(=O)C1=C2CCCN2C(c2nccs2)=NC1. The van der Waals surface area contributed by atoms with E-state index in [1.165, 1.54) is 7.11 Å². The van der Waals surface area contributed by atoms with E-state index < -0.39 is 0 Å². The highest BCUT2D eigenvalue weighted by atomic mass is 32.1. The van der Waals surface area contributed by atoms with Gasteiger partial charge in [0.25, 0.3) is 0 Å². The third-order valence-corrected chi connectivity index (χ3v) is 3.94. The quantitative estimate of drug-likeness (QED) is 0.757. The minimum Gasteiger partial charge on any atom is -0.466 e. The Labute approximate surface area is 109 Å². The number of carbonyl (C=O) groups excluding carboxylic acids is 1. The zero-order valence-corrected chi connectivity index (χ0v) is 10.9. The summed E-state index contributed by atoms with van der Waals surface area (Å²) in [7, 11) is 1.41. The molecule has 3 heterocycles. The van der Waals surface area contributed by atoms with Gasteiger partial charge in [-0.2, -0.15) is 0 Å². The second kappa shape index (κ2) is 4.53. The second-order valence-electron chi connectivity index (χ2n) is 4.15. The van der Waals surface area contributed by atoms with Gasteiger partial charge < -0.3 is 9.64 Å². The summed E-state index contributed by atoms with van der Waals surface area (Å²) in [5.74, 6) is 0.629. The van der Waals surface area contributed by atoms with E-state index in [9.17, 15) is 4.79 Å². The molecule has 0 bridgehead atoms. The van der Waals surface area contributed by atoms with Crippen molar-refractivity contribution < 1.29 is 9.53 Å². The highest BCUT2D eigenvalue weighted by molar-refractivity contribution is 7.11. The van der Waals surface area contributed by atoms with Crippen LogP contribution in [0.3, 0.4) is 0 Å². The van der Waals surface area contributed by atoms with Crippen molar-refractivity contribution in [2.75, 3.05) is 20.2 Å². The van der Waals surface area contributed by atoms with Crippen LogP contribution in [0.1, 0.15) is 17.8 Å². The van der Waals surface area contributed by atoms with E-state index in [-0.39, 0.29) is 5.97 Å². The fraction of sp³-hybridized carbons (Fsp3) is 0.417. The molecule has 3 rings (SSSR count). The molecule has 0 N–H and O–H groups in total. The van der Waals surface area contributed by atoms with Crippen LogP contribution in [-0.4, -0.2) is 41.9 Å². The number of hydrogen-bond donors (Lipinski definition) is 0. The van der Waals surface area contributed by atoms with Crippen LogP contribution >= 0.6 is 11.3 Å². The summed E-state index contributed by atoms with van der Waals surface area (Å²) in [6, 6.07) is 0. The molecule has 0 radical (unpaired) electrons. The zero-order valence-electron chi connectivity index (χ0n) is 10.0. The first-order valence-corrected chi connectivity index (χ1v) is 6.71. The number of aromatic nitrogens is 1. The normalized spacial score (nSPS) is 18.7. The van der Waals surface area contributed by atoms with Crippen LogP contribution in [0.5, 0.6) is 0 Å². The third-order valence-electron chi connectivity index (χ3n) is 3.17. The minimum atomic E-state index is -0.265. The molecule has 5 nitrogen and oxygen atoms in total. The number of methoxy groups -OCH3 is 1. The number of aliphatic imine (C=N–C) groups is 1. The van der Waals surface area contributed by atoms with Crippen LogP contribution < -0.4 is 0 Å². The molecule has 0 aromatic carbocycles. The summed E-state index contributed by atoms with van der Waals surface area (Å²) in [6.07, 6.45) is 3.73. The lowest BCUT2D eigenvalue weighted by molar-refractivity contribution is -0.136. The van der Waals surface area contributed by atoms with Crippen molar-refractivity contribution in [3.05, 3.63) is 27.9 Å². The number of nitrogens with zero attached hydrogens (tertiary/aromatic N) is 3. The van der Waals surface area contributed by atoms with E-state index in [4.69, 9.17) is 4.74 Å². The van der Waals surface area contributed by atoms with Gasteiger partial charge >= 0.3 is 5.97 Å². The molecule has 0 aliphatic carbocycles. The smallest absolute Gasteiger partial charge is 0.337 e. The average molecular weight is 263 g/mol. The fourth-order valence-corrected chi connectivity index (χ4v) is 3.03. The lowest BCUT2D eigenvalue weighted by Crippen LogP contribution is -2.33. The molecule has 2 aliphatic heterocycles. The number of allylic oxidation sites excluding steroid dienone is 1. The van der Waals surface area contributed by atoms with E-state index in [0.717, 1.165) is 35.9 Å². The number of thiazole rings is 1. The van der Waals surface area contributed by atoms with E-state index in [1.807, 2.05) is 5.38 Å². The standard InChI is InChI=1S/C12H13N3O2S/c1-17-12(16)8-7-14-10(11-13-4-6-18-11)15-5-2-3-9(8)15/h4,6H,2-3,5,7H2,1H3. The van der Waals surface area contributed by atoms with Gasteiger partial charge in [0.15, 0.2) is 10.8 Å². The number of fused-ring (bicyclic) bond motifs is 1. The van der Waals surface area contributed by atoms with Crippen LogP contribution in [-0.2, 0) is 9.53 Å². The Balaban J connectivity index is 1.97. The van der Waals surface area contributed by atoms with Crippen LogP contribution in [0.15, 0.2) is 27.8 Å². The Hall–Kier alpha value is -1.69. The van der Waals surface area contributed by atoms with E-state index in [2.05, 4.69) is 14.9 Å². The summed E-state index contributed by atoms with van der Waals surface area (Å²) in [5.41, 5.74) is 1.75. The molecule has 6 heteroatoms. The number of ether oxygens (including phenoxy) is 1. The van der Waals surface area contributed by atoms with Gasteiger partial charge in [0.2, 0.25) is 0 Å². The Morgan fingerprint density at radius 1 is 1.56 bits per heavy atom. The monoisotopic (exact) mass is 263 g/mol. The van der Waals surface area contributed by atoms with Crippen molar-refractivity contribution in [1.82, 2.24) is 9.88 Å². The van der Waals surface area contributed by atoms with Crippen LogP contribution in [0, 0.1) is 0 Å². The maximum Gasteiger partial charge on any atom is 0.337 e. The molecule has 2 aliphatic rings. The largest absolute Gasteiger partial charge is 0.466 e. The van der Waals surface area contributed by atoms with E-state index in [1.54, 1.807) is 17.5 Å². The van der Waals surface area contributed by atoms with Crippen LogP contribution in [0.2, 0.25) is 0 Å². The molecule has 1 aromatic heterocycles. The van der Waals surface area contributed by atoms with Gasteiger partial charge in [-0.25, -0.2) is 9.78 Å². The molecule has 0 unspecified atom stereocenters. The van der Waals surface area contributed by atoms with Gasteiger partial charge in [0.05, 0.1) is 19.2 Å². The number of hydrogen-bond acceptors (Lipinski definition) is 6. The Morgan fingerprint density at radius 3 is 3.17 bits per heavy atom. The third kappa shape index (κ3) is 1.73. The minimum absolute atomic E-state index is 0.265. The number of amidine groups is 1. The van der Waals surface area contributed by atoms with Gasteiger partial charge in [-0.15, -0.1) is 11.3 Å². The molecule has 94 valence electrons. The van der Waals surface area contributed by atoms with Crippen molar-refractivity contribution in [3.8, 4) is 0 Å². The first-order chi connectivity index (χ1) is 8.81. The summed E-state index contributed by atoms with van der Waals surface area (Å²) in [5, 5.41) is 2.85. The molecule has 1 aromatic rings. The average Bonchev–Trinajstić information content (AvgIpc) is 3.07. The number of esters is 1. The number of rotatable bonds is 2. The summed E-state index contributed by atoms with van der Waals surface area (Å²) in [6.45, 7) is 1.29. The van der Waals surface area contributed by atoms with Gasteiger partial charge in [-0.1, -0.05) is 0 Å². The van der Waals surface area contributed by atoms with Crippen molar-refractivity contribution in [1.29, 1.82) is 0 Å². The maximum absolute atomic E-state index is 11.7. The molecule has 0 atom stereocenters. The summed E-state index contributed by atoms with van der Waals surface area (Å²) in [4.78, 5) is 22.6. The van der Waals surface area contributed by atoms with Crippen molar-refractivity contribution in [2.45, 2.75) is 12.8 Å². The molecule has 1 fully saturated rings. The lowest BCUT2D eigenvalue weighted by Gasteiger charge is -2.26. The van der Waals surface area contributed by atoms with Gasteiger partial charge in [0, 0.05) is 23.8 Å². The molecule has 0 amide bonds. The Kier molecular flexibility index (Phi) is 2.87. The fourth-order valence-electron chi connectivity index (χ4n) is 2.38. The van der Waals surface area contributed by atoms with Gasteiger partial charge in [-0.05, 0) is 12.8 Å². The van der Waals surface area contributed by atoms with Gasteiger partial charge in [0.1, 0.15) is 0 Å². The van der Waals surface area contributed by atoms with Crippen LogP contribution in [0.4, 0.5) is 0 Å². The van der Waals surface area contributed by atoms with Crippen molar-refractivity contribution in [3.63, 3.8) is 0 Å². The topological polar surface area (TPSA) is 54.8 Å². The summed E-state index contributed by atoms with van der Waals surface area (Å²) >= 11 is 1.57. The Bertz CT molecular complexity index is 534. The molecular formula is C12H13N3O2S. The van der Waals surface area contributed by atoms with E-state index in [0.29, 0.717) is 12.1 Å². The molecule has 0 saturated carbocycles. The highest BCUT2D eigenvalue weighted by Crippen LogP contribution is 2.30. The molecule has 1 saturated heterocycles. The van der Waals surface area contributed by atoms with E-state index >= 15 is 0 Å². The van der Waals surface area contributed by atoms with Crippen molar-refractivity contribution >= 4 is 23.1 Å². The molecule has 0 spiro atoms. The van der Waals surface area contributed by atoms with Crippen molar-refractivity contribution in [2.24, 2.45) is 4.99 Å². The first kappa shape index (κ1) is 11.4.